The van der Waals surface area contributed by atoms with E-state index in [1.54, 1.807) is 0 Å². The molecule has 24 heavy (non-hydrogen) atoms. The SMILES string of the molecule is O=C1CCCC2=NC(C(F)(F)F)=CC(c3cccc([N+](=O)[O-])c3)C12. The lowest BCUT2D eigenvalue weighted by Gasteiger charge is -2.33. The molecule has 2 atom stereocenters. The smallest absolute Gasteiger partial charge is 0.299 e. The van der Waals surface area contributed by atoms with Gasteiger partial charge >= 0.3 is 6.18 Å². The van der Waals surface area contributed by atoms with Crippen LogP contribution in [0.5, 0.6) is 0 Å². The van der Waals surface area contributed by atoms with Gasteiger partial charge in [-0.15, -0.1) is 0 Å². The van der Waals surface area contributed by atoms with E-state index in [1.807, 2.05) is 0 Å². The second-order valence-electron chi connectivity index (χ2n) is 5.83. The van der Waals surface area contributed by atoms with Crippen LogP contribution in [0.15, 0.2) is 41.0 Å². The number of fused-ring (bicyclic) bond motifs is 1. The van der Waals surface area contributed by atoms with E-state index in [0.717, 1.165) is 6.08 Å². The third-order valence-corrected chi connectivity index (χ3v) is 4.28. The van der Waals surface area contributed by atoms with Gasteiger partial charge in [0, 0.05) is 30.2 Å². The van der Waals surface area contributed by atoms with Crippen LogP contribution in [0.3, 0.4) is 0 Å². The average molecular weight is 338 g/mol. The van der Waals surface area contributed by atoms with Gasteiger partial charge < -0.3 is 0 Å². The lowest BCUT2D eigenvalue weighted by atomic mass is 9.73. The van der Waals surface area contributed by atoms with Crippen LogP contribution >= 0.6 is 0 Å². The van der Waals surface area contributed by atoms with Crippen LogP contribution in [0, 0.1) is 16.0 Å². The average Bonchev–Trinajstić information content (AvgIpc) is 2.53. The Morgan fingerprint density at radius 3 is 2.67 bits per heavy atom. The normalized spacial score (nSPS) is 24.0. The Labute approximate surface area is 135 Å². The number of halogens is 3. The number of carbonyl (C=O) groups is 1. The Kier molecular flexibility index (Phi) is 3.98. The third-order valence-electron chi connectivity index (χ3n) is 4.28. The van der Waals surface area contributed by atoms with Crippen molar-refractivity contribution in [3.8, 4) is 0 Å². The number of nitrogens with zero attached hydrogens (tertiary/aromatic N) is 2. The van der Waals surface area contributed by atoms with E-state index < -0.39 is 28.6 Å². The van der Waals surface area contributed by atoms with Crippen molar-refractivity contribution in [3.05, 3.63) is 51.7 Å². The summed E-state index contributed by atoms with van der Waals surface area (Å²) >= 11 is 0. The Hall–Kier alpha value is -2.51. The Morgan fingerprint density at radius 1 is 1.25 bits per heavy atom. The minimum absolute atomic E-state index is 0.172. The number of aliphatic imine (C=N–C) groups is 1. The number of nitro benzene ring substituents is 1. The number of allylic oxidation sites excluding steroid dienone is 2. The molecule has 1 saturated carbocycles. The number of Topliss-reactive ketones (excluding diaryl/α,β-unsaturated/α-hetero) is 1. The van der Waals surface area contributed by atoms with Crippen LogP contribution in [0.4, 0.5) is 18.9 Å². The summed E-state index contributed by atoms with van der Waals surface area (Å²) in [5, 5.41) is 10.9. The van der Waals surface area contributed by atoms with E-state index in [0.29, 0.717) is 18.4 Å². The van der Waals surface area contributed by atoms with Crippen LogP contribution in [-0.2, 0) is 4.79 Å². The van der Waals surface area contributed by atoms with Crippen molar-refractivity contribution in [1.29, 1.82) is 0 Å². The van der Waals surface area contributed by atoms with Gasteiger partial charge in [-0.25, -0.2) is 0 Å². The number of non-ortho nitro benzene ring substituents is 1. The van der Waals surface area contributed by atoms with Crippen molar-refractivity contribution in [2.75, 3.05) is 0 Å². The van der Waals surface area contributed by atoms with Crippen LogP contribution in [0.1, 0.15) is 30.7 Å². The number of nitro groups is 1. The van der Waals surface area contributed by atoms with Gasteiger partial charge in [-0.05, 0) is 24.5 Å². The largest absolute Gasteiger partial charge is 0.433 e. The van der Waals surface area contributed by atoms with E-state index in [1.165, 1.54) is 24.3 Å². The summed E-state index contributed by atoms with van der Waals surface area (Å²) in [4.78, 5) is 26.2. The lowest BCUT2D eigenvalue weighted by Crippen LogP contribution is -2.36. The van der Waals surface area contributed by atoms with Gasteiger partial charge in [-0.3, -0.25) is 19.9 Å². The maximum Gasteiger partial charge on any atom is 0.433 e. The molecule has 1 aliphatic heterocycles. The van der Waals surface area contributed by atoms with Gasteiger partial charge in [0.1, 0.15) is 11.5 Å². The molecule has 5 nitrogen and oxygen atoms in total. The van der Waals surface area contributed by atoms with Gasteiger partial charge in [0.2, 0.25) is 0 Å². The molecule has 1 aliphatic carbocycles. The molecule has 0 saturated heterocycles. The first kappa shape index (κ1) is 16.4. The van der Waals surface area contributed by atoms with Gasteiger partial charge in [-0.2, -0.15) is 13.2 Å². The predicted octanol–water partition coefficient (Wildman–Crippen LogP) is 3.95. The minimum Gasteiger partial charge on any atom is -0.299 e. The third kappa shape index (κ3) is 2.95. The molecular formula is C16H13F3N2O3. The van der Waals surface area contributed by atoms with E-state index in [-0.39, 0.29) is 23.6 Å². The zero-order chi connectivity index (χ0) is 17.5. The number of benzene rings is 1. The summed E-state index contributed by atoms with van der Waals surface area (Å²) in [6, 6.07) is 5.40. The molecule has 0 radical (unpaired) electrons. The molecule has 1 aromatic carbocycles. The van der Waals surface area contributed by atoms with E-state index in [9.17, 15) is 28.1 Å². The highest BCUT2D eigenvalue weighted by Gasteiger charge is 2.43. The number of ketones is 1. The van der Waals surface area contributed by atoms with E-state index in [2.05, 4.69) is 4.99 Å². The zero-order valence-electron chi connectivity index (χ0n) is 12.4. The quantitative estimate of drug-likeness (QED) is 0.605. The standard InChI is InChI=1S/C16H13F3N2O3/c17-16(18,19)14-8-11(9-3-1-4-10(7-9)21(23)24)15-12(20-14)5-2-6-13(15)22/h1,3-4,7-8,11,15H,2,5-6H2. The summed E-state index contributed by atoms with van der Waals surface area (Å²) in [5.74, 6) is -1.83. The maximum absolute atomic E-state index is 13.1. The summed E-state index contributed by atoms with van der Waals surface area (Å²) in [6.45, 7) is 0. The summed E-state index contributed by atoms with van der Waals surface area (Å²) < 4.78 is 39.4. The molecule has 1 heterocycles. The highest BCUT2D eigenvalue weighted by atomic mass is 19.4. The first-order chi connectivity index (χ1) is 11.3. The molecule has 1 aromatic rings. The first-order valence-electron chi connectivity index (χ1n) is 7.41. The summed E-state index contributed by atoms with van der Waals surface area (Å²) in [6.07, 6.45) is -2.63. The summed E-state index contributed by atoms with van der Waals surface area (Å²) in [7, 11) is 0. The van der Waals surface area contributed by atoms with Gasteiger partial charge in [0.15, 0.2) is 0 Å². The second-order valence-corrected chi connectivity index (χ2v) is 5.83. The van der Waals surface area contributed by atoms with Crippen LogP contribution < -0.4 is 0 Å². The number of rotatable bonds is 2. The highest BCUT2D eigenvalue weighted by Crippen LogP contribution is 2.42. The second kappa shape index (κ2) is 5.85. The molecule has 0 spiro atoms. The molecule has 3 rings (SSSR count). The van der Waals surface area contributed by atoms with Crippen molar-refractivity contribution in [2.24, 2.45) is 10.9 Å². The monoisotopic (exact) mass is 338 g/mol. The molecule has 2 aliphatic rings. The number of hydrogen-bond acceptors (Lipinski definition) is 4. The molecule has 1 fully saturated rings. The fourth-order valence-electron chi connectivity index (χ4n) is 3.22. The lowest BCUT2D eigenvalue weighted by molar-refractivity contribution is -0.384. The van der Waals surface area contributed by atoms with E-state index >= 15 is 0 Å². The highest BCUT2D eigenvalue weighted by molar-refractivity contribution is 6.09. The number of hydrogen-bond donors (Lipinski definition) is 0. The molecule has 0 aromatic heterocycles. The molecule has 2 unspecified atom stereocenters. The topological polar surface area (TPSA) is 72.6 Å². The molecule has 0 N–H and O–H groups in total. The Balaban J connectivity index is 2.10. The zero-order valence-corrected chi connectivity index (χ0v) is 12.4. The Bertz CT molecular complexity index is 768. The van der Waals surface area contributed by atoms with Crippen molar-refractivity contribution in [1.82, 2.24) is 0 Å². The molecule has 8 heteroatoms. The maximum atomic E-state index is 13.1. The Morgan fingerprint density at radius 2 is 2.00 bits per heavy atom. The minimum atomic E-state index is -4.63. The fourth-order valence-corrected chi connectivity index (χ4v) is 3.22. The van der Waals surface area contributed by atoms with Gasteiger partial charge in [0.25, 0.3) is 5.69 Å². The van der Waals surface area contributed by atoms with Crippen molar-refractivity contribution in [2.45, 2.75) is 31.4 Å². The number of alkyl halides is 3. The van der Waals surface area contributed by atoms with E-state index in [4.69, 9.17) is 0 Å². The first-order valence-corrected chi connectivity index (χ1v) is 7.41. The number of carbonyl (C=O) groups excluding carboxylic acids is 1. The van der Waals surface area contributed by atoms with Crippen LogP contribution in [0.25, 0.3) is 0 Å². The molecule has 0 amide bonds. The molecule has 126 valence electrons. The fraction of sp³-hybridized carbons (Fsp3) is 0.375. The van der Waals surface area contributed by atoms with Gasteiger partial charge in [-0.1, -0.05) is 12.1 Å². The van der Waals surface area contributed by atoms with Crippen LogP contribution in [0.2, 0.25) is 0 Å². The van der Waals surface area contributed by atoms with Crippen molar-refractivity contribution >= 4 is 17.2 Å². The van der Waals surface area contributed by atoms with Crippen molar-refractivity contribution in [3.63, 3.8) is 0 Å². The molecule has 0 bridgehead atoms. The van der Waals surface area contributed by atoms with Gasteiger partial charge in [0.05, 0.1) is 10.8 Å². The van der Waals surface area contributed by atoms with Crippen LogP contribution in [-0.4, -0.2) is 22.6 Å². The summed E-state index contributed by atoms with van der Waals surface area (Å²) in [5.41, 5.74) is -0.724. The predicted molar refractivity (Wildman–Crippen MR) is 79.8 cm³/mol. The molecular weight excluding hydrogens is 325 g/mol. The van der Waals surface area contributed by atoms with Crippen molar-refractivity contribution < 1.29 is 22.9 Å².